The number of aromatic nitrogens is 3. The van der Waals surface area contributed by atoms with Crippen LogP contribution in [0.2, 0.25) is 0 Å². The van der Waals surface area contributed by atoms with Gasteiger partial charge in [-0.25, -0.2) is 4.98 Å². The van der Waals surface area contributed by atoms with Crippen molar-refractivity contribution in [1.82, 2.24) is 15.0 Å². The van der Waals surface area contributed by atoms with Gasteiger partial charge in [0, 0.05) is 5.16 Å². The van der Waals surface area contributed by atoms with Gasteiger partial charge in [-0.15, -0.1) is 0 Å². The van der Waals surface area contributed by atoms with Crippen LogP contribution in [0.5, 0.6) is 17.4 Å². The van der Waals surface area contributed by atoms with Gasteiger partial charge in [-0.2, -0.15) is 8.78 Å². The van der Waals surface area contributed by atoms with Crippen LogP contribution in [0.1, 0.15) is 5.69 Å². The third-order valence-corrected chi connectivity index (χ3v) is 4.53. The molecule has 154 valence electrons. The first-order valence-electron chi connectivity index (χ1n) is 7.35. The topological polar surface area (TPSA) is 146 Å². The first kappa shape index (κ1) is 26.8. The van der Waals surface area contributed by atoms with E-state index in [4.69, 9.17) is 9.47 Å². The molecule has 0 spiro atoms. The molecule has 1 aromatic carbocycles. The Hall–Kier alpha value is -2.21. The molecule has 0 radical (unpaired) electrons. The summed E-state index contributed by atoms with van der Waals surface area (Å²) in [4.78, 5) is 12.5. The molecule has 1 unspecified atom stereocenters. The van der Waals surface area contributed by atoms with E-state index in [1.54, 1.807) is 12.1 Å². The molecule has 2 heterocycles. The number of benzene rings is 1. The Morgan fingerprint density at radius 1 is 1.14 bits per heavy atom. The standard InChI is InChI=1S/C16H14F2N3O4S.2H2O.Zn/c1-23-13-6-3-9(19-14(13)24-2)8-26(22)16-20-11-5-4-10(25-15(17)18)7-12(11)21-16;;;/h3-7,15H,8H2,1-2H3;2*1H2;/q-1;;;+2/p-1. The number of halogens is 2. The van der Waals surface area contributed by atoms with Crippen LogP contribution in [-0.4, -0.2) is 46.0 Å². The number of ether oxygens (including phenoxy) is 3. The van der Waals surface area contributed by atoms with E-state index < -0.39 is 17.4 Å². The molecular weight excluding hydrogens is 466 g/mol. The zero-order valence-corrected chi connectivity index (χ0v) is 19.2. The fourth-order valence-electron chi connectivity index (χ4n) is 2.24. The molecule has 9 nitrogen and oxygen atoms in total. The van der Waals surface area contributed by atoms with Gasteiger partial charge in [0.05, 0.1) is 36.5 Å². The fourth-order valence-corrected chi connectivity index (χ4v) is 3.20. The van der Waals surface area contributed by atoms with Crippen molar-refractivity contribution in [3.63, 3.8) is 0 Å². The van der Waals surface area contributed by atoms with E-state index >= 15 is 0 Å². The zero-order chi connectivity index (χ0) is 18.7. The first-order valence-corrected chi connectivity index (χ1v) is 8.67. The fraction of sp³-hybridized carbons (Fsp3) is 0.250. The predicted molar refractivity (Wildman–Crippen MR) is 94.7 cm³/mol. The third-order valence-electron chi connectivity index (χ3n) is 3.38. The number of nitrogens with zero attached hydrogens (tertiary/aromatic N) is 3. The molecule has 0 fully saturated rings. The minimum Gasteiger partial charge on any atom is -0.870 e. The average molecular weight is 483 g/mol. The normalized spacial score (nSPS) is 11.1. The van der Waals surface area contributed by atoms with Crippen molar-refractivity contribution in [2.24, 2.45) is 0 Å². The number of imidazole rings is 1. The van der Waals surface area contributed by atoms with Crippen molar-refractivity contribution < 1.29 is 57.6 Å². The molecule has 0 saturated carbocycles. The van der Waals surface area contributed by atoms with Crippen LogP contribution in [-0.2, 0) is 36.0 Å². The molecule has 2 aromatic heterocycles. The molecule has 0 aliphatic carbocycles. The van der Waals surface area contributed by atoms with Crippen molar-refractivity contribution in [1.29, 1.82) is 0 Å². The Bertz CT molecular complexity index is 960. The molecule has 0 bridgehead atoms. The summed E-state index contributed by atoms with van der Waals surface area (Å²) in [7, 11) is 1.38. The van der Waals surface area contributed by atoms with Crippen molar-refractivity contribution in [2.45, 2.75) is 17.5 Å². The molecule has 3 rings (SSSR count). The van der Waals surface area contributed by atoms with Gasteiger partial charge in [0.1, 0.15) is 5.75 Å². The van der Waals surface area contributed by atoms with Crippen molar-refractivity contribution in [3.8, 4) is 17.4 Å². The van der Waals surface area contributed by atoms with Gasteiger partial charge in [0.25, 0.3) is 5.88 Å². The van der Waals surface area contributed by atoms with Crippen LogP contribution in [0.4, 0.5) is 8.78 Å². The summed E-state index contributed by atoms with van der Waals surface area (Å²) < 4.78 is 51.6. The SMILES string of the molecule is COc1ccc(CS(=O)c2nc3cc(OC(F)F)ccc3[n-]2)nc1OC.O.[OH-].[Zn+2]. The molecule has 0 aliphatic heterocycles. The van der Waals surface area contributed by atoms with Crippen LogP contribution >= 0.6 is 0 Å². The quantitative estimate of drug-likeness (QED) is 0.460. The van der Waals surface area contributed by atoms with Crippen LogP contribution < -0.4 is 19.2 Å². The monoisotopic (exact) mass is 481 g/mol. The number of methoxy groups -OCH3 is 2. The molecule has 0 saturated heterocycles. The van der Waals surface area contributed by atoms with Gasteiger partial charge >= 0.3 is 26.1 Å². The van der Waals surface area contributed by atoms with Crippen LogP contribution in [0.15, 0.2) is 35.5 Å². The molecule has 3 aromatic rings. The van der Waals surface area contributed by atoms with E-state index in [1.165, 1.54) is 32.4 Å². The van der Waals surface area contributed by atoms with E-state index in [0.29, 0.717) is 22.5 Å². The Balaban J connectivity index is 0.00000261. The Kier molecular flexibility index (Phi) is 10.8. The molecule has 0 aliphatic rings. The second-order valence-electron chi connectivity index (χ2n) is 5.04. The van der Waals surface area contributed by atoms with Crippen LogP contribution in [0.25, 0.3) is 11.0 Å². The number of hydrogen-bond donors (Lipinski definition) is 0. The maximum absolute atomic E-state index is 12.5. The largest absolute Gasteiger partial charge is 2.00 e. The predicted octanol–water partition coefficient (Wildman–Crippen LogP) is 1.51. The van der Waals surface area contributed by atoms with Gasteiger partial charge in [-0.3, -0.25) is 4.21 Å². The summed E-state index contributed by atoms with van der Waals surface area (Å²) >= 11 is 0. The number of rotatable bonds is 7. The van der Waals surface area contributed by atoms with Gasteiger partial charge in [0.15, 0.2) is 5.75 Å². The van der Waals surface area contributed by atoms with Crippen LogP contribution in [0.3, 0.4) is 0 Å². The van der Waals surface area contributed by atoms with Gasteiger partial charge < -0.3 is 35.1 Å². The Labute approximate surface area is 179 Å². The number of fused-ring (bicyclic) bond motifs is 1. The Morgan fingerprint density at radius 2 is 1.86 bits per heavy atom. The van der Waals surface area contributed by atoms with Gasteiger partial charge in [-0.1, -0.05) is 6.07 Å². The number of pyridine rings is 1. The molecule has 29 heavy (non-hydrogen) atoms. The first-order chi connectivity index (χ1) is 12.5. The summed E-state index contributed by atoms with van der Waals surface area (Å²) in [6.07, 6.45) is 0. The second-order valence-corrected chi connectivity index (χ2v) is 6.38. The molecule has 3 N–H and O–H groups in total. The second kappa shape index (κ2) is 11.7. The number of alkyl halides is 2. The van der Waals surface area contributed by atoms with Crippen molar-refractivity contribution in [2.75, 3.05) is 14.2 Å². The minimum atomic E-state index is -2.93. The van der Waals surface area contributed by atoms with E-state index in [2.05, 4.69) is 19.7 Å². The smallest absolute Gasteiger partial charge is 0.870 e. The molecule has 1 atom stereocenters. The minimum absolute atomic E-state index is 0. The molecular formula is C16H17F2N3O6SZn. The summed E-state index contributed by atoms with van der Waals surface area (Å²) in [5, 5.41) is 0.0887. The van der Waals surface area contributed by atoms with E-state index in [-0.39, 0.29) is 53.0 Å². The summed E-state index contributed by atoms with van der Waals surface area (Å²) in [5.41, 5.74) is 1.28. The summed E-state index contributed by atoms with van der Waals surface area (Å²) in [6, 6.07) is 7.48. The summed E-state index contributed by atoms with van der Waals surface area (Å²) in [6.45, 7) is -2.93. The van der Waals surface area contributed by atoms with E-state index in [0.717, 1.165) is 0 Å². The Morgan fingerprint density at radius 3 is 2.48 bits per heavy atom. The maximum Gasteiger partial charge on any atom is 2.00 e. The van der Waals surface area contributed by atoms with Gasteiger partial charge in [0.2, 0.25) is 0 Å². The van der Waals surface area contributed by atoms with E-state index in [9.17, 15) is 13.0 Å². The van der Waals surface area contributed by atoms with Gasteiger partial charge in [-0.05, 0) is 35.3 Å². The zero-order valence-electron chi connectivity index (χ0n) is 15.5. The molecule has 0 amide bonds. The summed E-state index contributed by atoms with van der Waals surface area (Å²) in [5.74, 6) is 0.774. The average Bonchev–Trinajstić information content (AvgIpc) is 3.04. The third kappa shape index (κ3) is 6.39. The van der Waals surface area contributed by atoms with Crippen LogP contribution in [0, 0.1) is 0 Å². The number of hydrogen-bond acceptors (Lipinski definition) is 7. The van der Waals surface area contributed by atoms with Crippen molar-refractivity contribution >= 4 is 21.8 Å². The maximum atomic E-state index is 12.5. The van der Waals surface area contributed by atoms with E-state index in [1.807, 2.05) is 0 Å². The molecule has 13 heteroatoms. The van der Waals surface area contributed by atoms with Crippen molar-refractivity contribution in [3.05, 3.63) is 36.0 Å².